The molecule has 0 unspecified atom stereocenters. The molecule has 0 aliphatic rings. The highest BCUT2D eigenvalue weighted by Crippen LogP contribution is 2.00. The molecule has 0 bridgehead atoms. The highest BCUT2D eigenvalue weighted by Gasteiger charge is 2.05. The van der Waals surface area contributed by atoms with E-state index in [2.05, 4.69) is 5.10 Å². The first kappa shape index (κ1) is 8.04. The molecular weight excluding hydrogens is 166 g/mol. The van der Waals surface area contributed by atoms with Crippen molar-refractivity contribution in [3.05, 3.63) is 35.0 Å². The first-order valence-electron chi connectivity index (χ1n) is 4.24. The molecule has 0 atom stereocenters. The molecule has 4 heteroatoms. The summed E-state index contributed by atoms with van der Waals surface area (Å²) in [6, 6.07) is 3.74. The van der Waals surface area contributed by atoms with E-state index in [9.17, 15) is 4.79 Å². The minimum absolute atomic E-state index is 0.0394. The third-order valence-electron chi connectivity index (χ3n) is 2.00. The van der Waals surface area contributed by atoms with Crippen LogP contribution in [-0.4, -0.2) is 14.2 Å². The predicted molar refractivity (Wildman–Crippen MR) is 49.8 cm³/mol. The van der Waals surface area contributed by atoms with Crippen LogP contribution < -0.4 is 5.56 Å². The molecular formula is C9H11N3O. The van der Waals surface area contributed by atoms with E-state index in [0.717, 1.165) is 0 Å². The molecule has 0 saturated heterocycles. The lowest BCUT2D eigenvalue weighted by molar-refractivity contribution is 0.498. The van der Waals surface area contributed by atoms with Crippen molar-refractivity contribution < 1.29 is 0 Å². The van der Waals surface area contributed by atoms with Gasteiger partial charge in [-0.05, 0) is 26.0 Å². The lowest BCUT2D eigenvalue weighted by Gasteiger charge is -2.07. The minimum atomic E-state index is -0.0394. The van der Waals surface area contributed by atoms with E-state index < -0.39 is 0 Å². The number of fused-ring (bicyclic) bond motifs is 1. The first-order chi connectivity index (χ1) is 6.20. The van der Waals surface area contributed by atoms with Crippen LogP contribution >= 0.6 is 0 Å². The Morgan fingerprint density at radius 3 is 2.92 bits per heavy atom. The number of rotatable bonds is 1. The maximum atomic E-state index is 11.7. The topological polar surface area (TPSA) is 39.3 Å². The quantitative estimate of drug-likeness (QED) is 0.653. The van der Waals surface area contributed by atoms with Crippen LogP contribution in [-0.2, 0) is 0 Å². The molecule has 0 fully saturated rings. The SMILES string of the molecule is CC(C)n1ncn2cccc2c1=O. The Morgan fingerprint density at radius 1 is 1.46 bits per heavy atom. The minimum Gasteiger partial charge on any atom is -0.301 e. The highest BCUT2D eigenvalue weighted by molar-refractivity contribution is 5.44. The summed E-state index contributed by atoms with van der Waals surface area (Å²) in [6.07, 6.45) is 3.46. The van der Waals surface area contributed by atoms with Crippen molar-refractivity contribution in [3.63, 3.8) is 0 Å². The van der Waals surface area contributed by atoms with Gasteiger partial charge in [0.05, 0.1) is 6.04 Å². The lowest BCUT2D eigenvalue weighted by atomic mass is 10.4. The Labute approximate surface area is 75.4 Å². The van der Waals surface area contributed by atoms with E-state index in [0.29, 0.717) is 5.52 Å². The van der Waals surface area contributed by atoms with Crippen LogP contribution in [0.1, 0.15) is 19.9 Å². The van der Waals surface area contributed by atoms with Gasteiger partial charge in [0.25, 0.3) is 5.56 Å². The standard InChI is InChI=1S/C9H11N3O/c1-7(2)12-9(13)8-4-3-5-11(8)6-10-12/h3-7H,1-2H3. The smallest absolute Gasteiger partial charge is 0.291 e. The fraction of sp³-hybridized carbons (Fsp3) is 0.333. The Hall–Kier alpha value is -1.58. The molecule has 0 aromatic carbocycles. The summed E-state index contributed by atoms with van der Waals surface area (Å²) < 4.78 is 3.20. The van der Waals surface area contributed by atoms with Crippen molar-refractivity contribution in [1.82, 2.24) is 14.2 Å². The largest absolute Gasteiger partial charge is 0.301 e. The van der Waals surface area contributed by atoms with Crippen LogP contribution in [0.15, 0.2) is 29.5 Å². The Balaban J connectivity index is 2.81. The zero-order chi connectivity index (χ0) is 9.42. The maximum absolute atomic E-state index is 11.7. The third-order valence-corrected chi connectivity index (χ3v) is 2.00. The van der Waals surface area contributed by atoms with E-state index in [1.54, 1.807) is 16.8 Å². The predicted octanol–water partition coefficient (Wildman–Crippen LogP) is 1.08. The van der Waals surface area contributed by atoms with Crippen molar-refractivity contribution in [2.24, 2.45) is 0 Å². The van der Waals surface area contributed by atoms with Crippen molar-refractivity contribution in [1.29, 1.82) is 0 Å². The molecule has 0 saturated carbocycles. The van der Waals surface area contributed by atoms with Gasteiger partial charge in [-0.2, -0.15) is 5.10 Å². The average molecular weight is 177 g/mol. The van der Waals surface area contributed by atoms with Crippen LogP contribution in [0, 0.1) is 0 Å². The van der Waals surface area contributed by atoms with Gasteiger partial charge in [0, 0.05) is 6.20 Å². The van der Waals surface area contributed by atoms with Crippen molar-refractivity contribution in [2.45, 2.75) is 19.9 Å². The molecule has 4 nitrogen and oxygen atoms in total. The van der Waals surface area contributed by atoms with Gasteiger partial charge in [0.15, 0.2) is 0 Å². The van der Waals surface area contributed by atoms with Crippen LogP contribution in [0.25, 0.3) is 5.52 Å². The first-order valence-corrected chi connectivity index (χ1v) is 4.24. The third kappa shape index (κ3) is 1.14. The molecule has 2 aromatic rings. The Kier molecular flexibility index (Phi) is 1.69. The van der Waals surface area contributed by atoms with E-state index in [4.69, 9.17) is 0 Å². The lowest BCUT2D eigenvalue weighted by Crippen LogP contribution is -2.25. The molecule has 0 aliphatic carbocycles. The van der Waals surface area contributed by atoms with E-state index in [1.165, 1.54) is 4.68 Å². The monoisotopic (exact) mass is 177 g/mol. The molecule has 13 heavy (non-hydrogen) atoms. The van der Waals surface area contributed by atoms with Crippen molar-refractivity contribution >= 4 is 5.52 Å². The summed E-state index contributed by atoms with van der Waals surface area (Å²) >= 11 is 0. The van der Waals surface area contributed by atoms with Crippen LogP contribution in [0.4, 0.5) is 0 Å². The summed E-state index contributed by atoms with van der Waals surface area (Å²) in [6.45, 7) is 3.88. The van der Waals surface area contributed by atoms with Gasteiger partial charge in [-0.3, -0.25) is 4.79 Å². The second-order valence-electron chi connectivity index (χ2n) is 3.28. The molecule has 0 aliphatic heterocycles. The summed E-state index contributed by atoms with van der Waals surface area (Å²) in [7, 11) is 0. The summed E-state index contributed by atoms with van der Waals surface area (Å²) in [5.74, 6) is 0. The van der Waals surface area contributed by atoms with Crippen molar-refractivity contribution in [2.75, 3.05) is 0 Å². The molecule has 0 amide bonds. The average Bonchev–Trinajstić information content (AvgIpc) is 2.52. The fourth-order valence-corrected chi connectivity index (χ4v) is 1.32. The fourth-order valence-electron chi connectivity index (χ4n) is 1.32. The van der Waals surface area contributed by atoms with Crippen molar-refractivity contribution in [3.8, 4) is 0 Å². The number of hydrogen-bond acceptors (Lipinski definition) is 2. The number of hydrogen-bond donors (Lipinski definition) is 0. The number of nitrogens with zero attached hydrogens (tertiary/aromatic N) is 3. The van der Waals surface area contributed by atoms with Gasteiger partial charge < -0.3 is 4.40 Å². The molecule has 0 N–H and O–H groups in total. The van der Waals surface area contributed by atoms with Crippen LogP contribution in [0.3, 0.4) is 0 Å². The second-order valence-corrected chi connectivity index (χ2v) is 3.28. The van der Waals surface area contributed by atoms with E-state index in [1.807, 2.05) is 26.1 Å². The van der Waals surface area contributed by atoms with Gasteiger partial charge in [-0.25, -0.2) is 4.68 Å². The summed E-state index contributed by atoms with van der Waals surface area (Å²) in [5, 5.41) is 4.05. The van der Waals surface area contributed by atoms with Gasteiger partial charge in [0.1, 0.15) is 11.8 Å². The van der Waals surface area contributed by atoms with Crippen LogP contribution in [0.2, 0.25) is 0 Å². The Morgan fingerprint density at radius 2 is 2.23 bits per heavy atom. The van der Waals surface area contributed by atoms with Gasteiger partial charge in [-0.1, -0.05) is 0 Å². The van der Waals surface area contributed by atoms with Gasteiger partial charge >= 0.3 is 0 Å². The van der Waals surface area contributed by atoms with E-state index >= 15 is 0 Å². The molecule has 68 valence electrons. The molecule has 2 heterocycles. The molecule has 0 radical (unpaired) electrons. The number of aromatic nitrogens is 3. The maximum Gasteiger partial charge on any atom is 0.291 e. The van der Waals surface area contributed by atoms with E-state index in [-0.39, 0.29) is 11.6 Å². The normalized spacial score (nSPS) is 11.3. The second kappa shape index (κ2) is 2.73. The van der Waals surface area contributed by atoms with Gasteiger partial charge in [0.2, 0.25) is 0 Å². The highest BCUT2D eigenvalue weighted by atomic mass is 16.1. The zero-order valence-electron chi connectivity index (χ0n) is 7.64. The summed E-state index contributed by atoms with van der Waals surface area (Å²) in [4.78, 5) is 11.7. The van der Waals surface area contributed by atoms with Gasteiger partial charge in [-0.15, -0.1) is 0 Å². The summed E-state index contributed by atoms with van der Waals surface area (Å²) in [5.41, 5.74) is 0.631. The van der Waals surface area contributed by atoms with Crippen LogP contribution in [0.5, 0.6) is 0 Å². The zero-order valence-corrected chi connectivity index (χ0v) is 7.64. The molecule has 2 rings (SSSR count). The Bertz CT molecular complexity index is 481. The molecule has 2 aromatic heterocycles. The molecule has 0 spiro atoms.